The van der Waals surface area contributed by atoms with Crippen LogP contribution in [0.2, 0.25) is 0 Å². The van der Waals surface area contributed by atoms with E-state index in [4.69, 9.17) is 5.11 Å². The number of carbonyl (C=O) groups excluding carboxylic acids is 1. The van der Waals surface area contributed by atoms with Crippen LogP contribution in [-0.2, 0) is 9.59 Å². The number of hydrogen-bond acceptors (Lipinski definition) is 3. The summed E-state index contributed by atoms with van der Waals surface area (Å²) in [6.07, 6.45) is 6.71. The minimum Gasteiger partial charge on any atom is -0.480 e. The molecule has 2 N–H and O–H groups in total. The normalized spacial score (nSPS) is 23.0. The van der Waals surface area contributed by atoms with E-state index in [1.807, 2.05) is 4.90 Å². The number of nitrogens with zero attached hydrogens (tertiary/aromatic N) is 1. The summed E-state index contributed by atoms with van der Waals surface area (Å²) >= 11 is 0. The summed E-state index contributed by atoms with van der Waals surface area (Å²) in [7, 11) is 0. The summed E-state index contributed by atoms with van der Waals surface area (Å²) in [6, 6.07) is 0. The Hall–Kier alpha value is -1.10. The van der Waals surface area contributed by atoms with Gasteiger partial charge in [-0.1, -0.05) is 12.8 Å². The van der Waals surface area contributed by atoms with Crippen molar-refractivity contribution in [2.75, 3.05) is 19.6 Å². The summed E-state index contributed by atoms with van der Waals surface area (Å²) in [5, 5.41) is 12.1. The van der Waals surface area contributed by atoms with Crippen LogP contribution in [0.3, 0.4) is 0 Å². The maximum Gasteiger partial charge on any atom is 0.323 e. The Morgan fingerprint density at radius 2 is 1.67 bits per heavy atom. The second kappa shape index (κ2) is 5.69. The summed E-state index contributed by atoms with van der Waals surface area (Å²) in [5.41, 5.74) is -0.832. The average molecular weight is 254 g/mol. The van der Waals surface area contributed by atoms with Gasteiger partial charge in [0, 0.05) is 13.1 Å². The third-order valence-corrected chi connectivity index (χ3v) is 4.15. The Morgan fingerprint density at radius 3 is 2.11 bits per heavy atom. The van der Waals surface area contributed by atoms with Crippen LogP contribution in [0.1, 0.15) is 44.9 Å². The van der Waals surface area contributed by atoms with Gasteiger partial charge in [0.05, 0.1) is 6.54 Å². The number of carbonyl (C=O) groups is 2. The fourth-order valence-corrected chi connectivity index (χ4v) is 2.67. The Morgan fingerprint density at radius 1 is 1.06 bits per heavy atom. The molecule has 2 rings (SSSR count). The Kier molecular flexibility index (Phi) is 4.22. The standard InChI is InChI=1S/C13H22N2O3/c16-11(15-8-3-1-2-4-9-15)10-14-13(12(17)18)6-5-7-13/h14H,1-10H2,(H,17,18). The van der Waals surface area contributed by atoms with Crippen LogP contribution in [0.15, 0.2) is 0 Å². The molecule has 0 unspecified atom stereocenters. The lowest BCUT2D eigenvalue weighted by Gasteiger charge is -2.38. The first-order valence-corrected chi connectivity index (χ1v) is 6.90. The lowest BCUT2D eigenvalue weighted by Crippen LogP contribution is -2.59. The molecule has 1 saturated carbocycles. The molecule has 18 heavy (non-hydrogen) atoms. The Bertz CT molecular complexity index is 318. The number of carboxylic acids is 1. The molecule has 0 atom stereocenters. The fraction of sp³-hybridized carbons (Fsp3) is 0.846. The average Bonchev–Trinajstić information content (AvgIpc) is 2.55. The minimum atomic E-state index is -0.832. The second-order valence-corrected chi connectivity index (χ2v) is 5.39. The molecule has 0 spiro atoms. The first-order valence-electron chi connectivity index (χ1n) is 6.90. The highest BCUT2D eigenvalue weighted by Crippen LogP contribution is 2.31. The number of aliphatic carboxylic acids is 1. The topological polar surface area (TPSA) is 69.6 Å². The molecule has 0 bridgehead atoms. The molecule has 2 aliphatic rings. The first-order chi connectivity index (χ1) is 8.64. The van der Waals surface area contributed by atoms with Gasteiger partial charge in [0.1, 0.15) is 5.54 Å². The van der Waals surface area contributed by atoms with E-state index in [1.54, 1.807) is 0 Å². The predicted octanol–water partition coefficient (Wildman–Crippen LogP) is 0.986. The first kappa shape index (κ1) is 13.3. The lowest BCUT2D eigenvalue weighted by molar-refractivity contribution is -0.149. The molecule has 102 valence electrons. The van der Waals surface area contributed by atoms with Gasteiger partial charge in [0.15, 0.2) is 0 Å². The van der Waals surface area contributed by atoms with Gasteiger partial charge < -0.3 is 10.0 Å². The van der Waals surface area contributed by atoms with Crippen LogP contribution in [0, 0.1) is 0 Å². The molecule has 1 aliphatic carbocycles. The Balaban J connectivity index is 1.81. The molecule has 0 radical (unpaired) electrons. The van der Waals surface area contributed by atoms with Crippen LogP contribution in [-0.4, -0.2) is 47.1 Å². The van der Waals surface area contributed by atoms with Crippen LogP contribution in [0.25, 0.3) is 0 Å². The molecule has 0 aromatic carbocycles. The maximum absolute atomic E-state index is 12.0. The quantitative estimate of drug-likeness (QED) is 0.785. The second-order valence-electron chi connectivity index (χ2n) is 5.39. The van der Waals surface area contributed by atoms with Gasteiger partial charge in [-0.25, -0.2) is 0 Å². The van der Waals surface area contributed by atoms with E-state index in [1.165, 1.54) is 12.8 Å². The third-order valence-electron chi connectivity index (χ3n) is 4.15. The number of hydrogen-bond donors (Lipinski definition) is 2. The molecular weight excluding hydrogens is 232 g/mol. The van der Waals surface area contributed by atoms with Crippen LogP contribution in [0.4, 0.5) is 0 Å². The van der Waals surface area contributed by atoms with E-state index in [0.717, 1.165) is 32.4 Å². The highest BCUT2D eigenvalue weighted by atomic mass is 16.4. The summed E-state index contributed by atoms with van der Waals surface area (Å²) < 4.78 is 0. The van der Waals surface area contributed by atoms with Crippen molar-refractivity contribution in [2.24, 2.45) is 0 Å². The van der Waals surface area contributed by atoms with Gasteiger partial charge in [-0.2, -0.15) is 0 Å². The molecule has 1 saturated heterocycles. The molecule has 2 fully saturated rings. The van der Waals surface area contributed by atoms with Gasteiger partial charge >= 0.3 is 5.97 Å². The van der Waals surface area contributed by atoms with Gasteiger partial charge in [-0.15, -0.1) is 0 Å². The molecule has 0 aromatic rings. The molecule has 5 nitrogen and oxygen atoms in total. The van der Waals surface area contributed by atoms with E-state index in [-0.39, 0.29) is 12.5 Å². The van der Waals surface area contributed by atoms with E-state index < -0.39 is 11.5 Å². The van der Waals surface area contributed by atoms with Crippen molar-refractivity contribution >= 4 is 11.9 Å². The molecular formula is C13H22N2O3. The van der Waals surface area contributed by atoms with Crippen molar-refractivity contribution in [3.8, 4) is 0 Å². The van der Waals surface area contributed by atoms with Crippen LogP contribution >= 0.6 is 0 Å². The molecule has 1 aliphatic heterocycles. The van der Waals surface area contributed by atoms with Crippen molar-refractivity contribution in [3.05, 3.63) is 0 Å². The van der Waals surface area contributed by atoms with Crippen molar-refractivity contribution in [1.29, 1.82) is 0 Å². The summed E-state index contributed by atoms with van der Waals surface area (Å²) in [5.74, 6) is -0.776. The zero-order valence-electron chi connectivity index (χ0n) is 10.8. The van der Waals surface area contributed by atoms with Gasteiger partial charge in [0.2, 0.25) is 5.91 Å². The van der Waals surface area contributed by atoms with E-state index in [2.05, 4.69) is 5.32 Å². The molecule has 0 aromatic heterocycles. The summed E-state index contributed by atoms with van der Waals surface area (Å²) in [4.78, 5) is 25.1. The minimum absolute atomic E-state index is 0.0458. The highest BCUT2D eigenvalue weighted by molar-refractivity contribution is 5.83. The highest BCUT2D eigenvalue weighted by Gasteiger charge is 2.44. The number of rotatable bonds is 4. The van der Waals surface area contributed by atoms with Crippen molar-refractivity contribution in [3.63, 3.8) is 0 Å². The van der Waals surface area contributed by atoms with E-state index in [0.29, 0.717) is 12.8 Å². The predicted molar refractivity (Wildman–Crippen MR) is 67.3 cm³/mol. The monoisotopic (exact) mass is 254 g/mol. The summed E-state index contributed by atoms with van der Waals surface area (Å²) in [6.45, 7) is 1.80. The maximum atomic E-state index is 12.0. The van der Waals surface area contributed by atoms with Crippen molar-refractivity contribution in [1.82, 2.24) is 10.2 Å². The zero-order chi connectivity index (χ0) is 13.0. The van der Waals surface area contributed by atoms with Crippen LogP contribution < -0.4 is 5.32 Å². The van der Waals surface area contributed by atoms with E-state index in [9.17, 15) is 9.59 Å². The molecule has 1 amide bonds. The largest absolute Gasteiger partial charge is 0.480 e. The van der Waals surface area contributed by atoms with E-state index >= 15 is 0 Å². The van der Waals surface area contributed by atoms with Crippen LogP contribution in [0.5, 0.6) is 0 Å². The number of amides is 1. The molecule has 1 heterocycles. The SMILES string of the molecule is O=C(CNC1(C(=O)O)CCC1)N1CCCCCC1. The van der Waals surface area contributed by atoms with Crippen molar-refractivity contribution < 1.29 is 14.7 Å². The number of likely N-dealkylation sites (tertiary alicyclic amines) is 1. The van der Waals surface area contributed by atoms with Gasteiger partial charge in [0.25, 0.3) is 0 Å². The van der Waals surface area contributed by atoms with Gasteiger partial charge in [-0.05, 0) is 32.1 Å². The number of nitrogens with one attached hydrogen (secondary N) is 1. The zero-order valence-corrected chi connectivity index (χ0v) is 10.8. The lowest BCUT2D eigenvalue weighted by atomic mass is 9.77. The molecule has 5 heteroatoms. The third kappa shape index (κ3) is 2.83. The van der Waals surface area contributed by atoms with Gasteiger partial charge in [-0.3, -0.25) is 14.9 Å². The number of carboxylic acid groups (broad SMARTS) is 1. The smallest absolute Gasteiger partial charge is 0.323 e. The fourth-order valence-electron chi connectivity index (χ4n) is 2.67. The Labute approximate surface area is 108 Å². The van der Waals surface area contributed by atoms with Crippen molar-refractivity contribution in [2.45, 2.75) is 50.5 Å².